The van der Waals surface area contributed by atoms with Crippen molar-refractivity contribution in [3.05, 3.63) is 15.0 Å². The molecular weight excluding hydrogens is 239 g/mol. The van der Waals surface area contributed by atoms with Gasteiger partial charge < -0.3 is 0 Å². The zero-order valence-corrected chi connectivity index (χ0v) is 8.05. The molecule has 2 heterocycles. The molecule has 0 atom stereocenters. The van der Waals surface area contributed by atoms with Crippen molar-refractivity contribution in [3.8, 4) is 0 Å². The summed E-state index contributed by atoms with van der Waals surface area (Å²) in [4.78, 5) is 0. The molecule has 10 heavy (non-hydrogen) atoms. The largest absolute Gasteiger partial charge is 0.268 e. The van der Waals surface area contributed by atoms with E-state index < -0.39 is 0 Å². The lowest BCUT2D eigenvalue weighted by Gasteiger charge is -1.89. The van der Waals surface area contributed by atoms with Crippen LogP contribution in [-0.2, 0) is 13.0 Å². The van der Waals surface area contributed by atoms with Crippen LogP contribution in [0.5, 0.6) is 0 Å². The minimum Gasteiger partial charge on any atom is -0.268 e. The van der Waals surface area contributed by atoms with Crippen molar-refractivity contribution >= 4 is 22.6 Å². The molecule has 3 heteroatoms. The summed E-state index contributed by atoms with van der Waals surface area (Å²) in [5, 5.41) is 4.40. The average Bonchev–Trinajstić information content (AvgIpc) is 2.41. The molecule has 0 bridgehead atoms. The van der Waals surface area contributed by atoms with E-state index in [0.29, 0.717) is 0 Å². The van der Waals surface area contributed by atoms with E-state index in [1.54, 1.807) is 0 Å². The molecule has 0 spiro atoms. The van der Waals surface area contributed by atoms with E-state index in [1.165, 1.54) is 27.8 Å². The number of hydrogen-bond donors (Lipinski definition) is 0. The lowest BCUT2D eigenvalue weighted by Crippen LogP contribution is -1.93. The number of rotatable bonds is 0. The molecule has 0 radical (unpaired) electrons. The zero-order chi connectivity index (χ0) is 7.14. The topological polar surface area (TPSA) is 17.8 Å². The van der Waals surface area contributed by atoms with Gasteiger partial charge in [0.05, 0.1) is 15.0 Å². The Morgan fingerprint density at radius 2 is 2.40 bits per heavy atom. The molecule has 0 unspecified atom stereocenters. The lowest BCUT2D eigenvalue weighted by atomic mass is 10.3. The highest BCUT2D eigenvalue weighted by atomic mass is 127. The molecule has 0 amide bonds. The standard InChI is InChI=1S/C7H9IN2/c1-5-7(8)6-3-2-4-10(6)9-5/h2-4H2,1H3. The molecule has 0 N–H and O–H groups in total. The van der Waals surface area contributed by atoms with E-state index >= 15 is 0 Å². The molecule has 54 valence electrons. The first-order valence-electron chi connectivity index (χ1n) is 3.51. The van der Waals surface area contributed by atoms with Gasteiger partial charge in [-0.15, -0.1) is 0 Å². The van der Waals surface area contributed by atoms with Gasteiger partial charge in [0.25, 0.3) is 0 Å². The van der Waals surface area contributed by atoms with Crippen molar-refractivity contribution in [2.75, 3.05) is 0 Å². The fourth-order valence-corrected chi connectivity index (χ4v) is 2.08. The highest BCUT2D eigenvalue weighted by Crippen LogP contribution is 2.22. The van der Waals surface area contributed by atoms with Gasteiger partial charge in [-0.25, -0.2) is 0 Å². The Balaban J connectivity index is 2.59. The van der Waals surface area contributed by atoms with Crippen LogP contribution in [0.1, 0.15) is 17.8 Å². The van der Waals surface area contributed by atoms with E-state index in [-0.39, 0.29) is 0 Å². The molecule has 2 nitrogen and oxygen atoms in total. The molecule has 0 saturated carbocycles. The van der Waals surface area contributed by atoms with Gasteiger partial charge in [0.15, 0.2) is 0 Å². The van der Waals surface area contributed by atoms with Crippen LogP contribution in [0.15, 0.2) is 0 Å². The predicted molar refractivity (Wildman–Crippen MR) is 48.0 cm³/mol. The van der Waals surface area contributed by atoms with Crippen LogP contribution >= 0.6 is 22.6 Å². The quantitative estimate of drug-likeness (QED) is 0.639. The van der Waals surface area contributed by atoms with Crippen molar-refractivity contribution < 1.29 is 0 Å². The van der Waals surface area contributed by atoms with E-state index in [4.69, 9.17) is 0 Å². The molecule has 0 saturated heterocycles. The van der Waals surface area contributed by atoms with Crippen LogP contribution in [0, 0.1) is 10.5 Å². The summed E-state index contributed by atoms with van der Waals surface area (Å²) in [6.45, 7) is 3.20. The highest BCUT2D eigenvalue weighted by Gasteiger charge is 2.16. The van der Waals surface area contributed by atoms with Crippen LogP contribution in [-0.4, -0.2) is 9.78 Å². The minimum atomic E-state index is 1.12. The Morgan fingerprint density at radius 3 is 3.10 bits per heavy atom. The van der Waals surface area contributed by atoms with Crippen LogP contribution < -0.4 is 0 Å². The molecule has 1 aliphatic rings. The summed E-state index contributed by atoms with van der Waals surface area (Å²) >= 11 is 2.38. The second kappa shape index (κ2) is 2.22. The highest BCUT2D eigenvalue weighted by molar-refractivity contribution is 14.1. The van der Waals surface area contributed by atoms with Crippen molar-refractivity contribution in [1.29, 1.82) is 0 Å². The average molecular weight is 248 g/mol. The normalized spacial score (nSPS) is 15.8. The van der Waals surface area contributed by atoms with Crippen LogP contribution in [0.2, 0.25) is 0 Å². The number of aromatic nitrogens is 2. The maximum atomic E-state index is 4.40. The number of halogens is 1. The summed E-state index contributed by atoms with van der Waals surface area (Å²) in [5.41, 5.74) is 2.63. The number of nitrogens with zero attached hydrogens (tertiary/aromatic N) is 2. The van der Waals surface area contributed by atoms with Gasteiger partial charge in [0.1, 0.15) is 0 Å². The first kappa shape index (κ1) is 6.64. The van der Waals surface area contributed by atoms with Crippen molar-refractivity contribution in [2.24, 2.45) is 0 Å². The maximum absolute atomic E-state index is 4.40. The SMILES string of the molecule is Cc1nn2c(c1I)CCC2. The van der Waals surface area contributed by atoms with Crippen molar-refractivity contribution in [3.63, 3.8) is 0 Å². The van der Waals surface area contributed by atoms with Gasteiger partial charge in [-0.05, 0) is 42.4 Å². The van der Waals surface area contributed by atoms with Gasteiger partial charge in [0, 0.05) is 6.54 Å². The van der Waals surface area contributed by atoms with Gasteiger partial charge in [-0.2, -0.15) is 5.10 Å². The van der Waals surface area contributed by atoms with E-state index in [0.717, 1.165) is 6.54 Å². The molecule has 1 aliphatic heterocycles. The maximum Gasteiger partial charge on any atom is 0.0730 e. The van der Waals surface area contributed by atoms with E-state index in [1.807, 2.05) is 0 Å². The Kier molecular flexibility index (Phi) is 1.47. The summed E-state index contributed by atoms with van der Waals surface area (Å²) in [6, 6.07) is 0. The summed E-state index contributed by atoms with van der Waals surface area (Å²) in [5.74, 6) is 0. The van der Waals surface area contributed by atoms with Crippen molar-refractivity contribution in [1.82, 2.24) is 9.78 Å². The van der Waals surface area contributed by atoms with Gasteiger partial charge >= 0.3 is 0 Å². The fourth-order valence-electron chi connectivity index (χ4n) is 1.43. The molecule has 0 aliphatic carbocycles. The first-order chi connectivity index (χ1) is 4.79. The Hall–Kier alpha value is -0.0600. The van der Waals surface area contributed by atoms with E-state index in [2.05, 4.69) is 39.3 Å². The summed E-state index contributed by atoms with van der Waals surface area (Å²) < 4.78 is 3.51. The fraction of sp³-hybridized carbons (Fsp3) is 0.571. The second-order valence-corrected chi connectivity index (χ2v) is 3.75. The Labute approximate surface area is 73.8 Å². The first-order valence-corrected chi connectivity index (χ1v) is 4.58. The lowest BCUT2D eigenvalue weighted by molar-refractivity contribution is 0.650. The number of fused-ring (bicyclic) bond motifs is 1. The van der Waals surface area contributed by atoms with Crippen LogP contribution in [0.4, 0.5) is 0 Å². The van der Waals surface area contributed by atoms with Gasteiger partial charge in [-0.1, -0.05) is 0 Å². The molecule has 1 aromatic rings. The molecule has 0 fully saturated rings. The third kappa shape index (κ3) is 0.794. The number of hydrogen-bond acceptors (Lipinski definition) is 1. The minimum absolute atomic E-state index is 1.12. The van der Waals surface area contributed by atoms with Crippen LogP contribution in [0.3, 0.4) is 0 Å². The van der Waals surface area contributed by atoms with Gasteiger partial charge in [-0.3, -0.25) is 4.68 Å². The molecular formula is C7H9IN2. The van der Waals surface area contributed by atoms with Gasteiger partial charge in [0.2, 0.25) is 0 Å². The molecule has 2 rings (SSSR count). The van der Waals surface area contributed by atoms with Crippen LogP contribution in [0.25, 0.3) is 0 Å². The summed E-state index contributed by atoms with van der Waals surface area (Å²) in [6.07, 6.45) is 2.50. The predicted octanol–water partition coefficient (Wildman–Crippen LogP) is 1.74. The zero-order valence-electron chi connectivity index (χ0n) is 5.89. The smallest absolute Gasteiger partial charge is 0.0730 e. The van der Waals surface area contributed by atoms with Crippen molar-refractivity contribution in [2.45, 2.75) is 26.3 Å². The third-order valence-electron chi connectivity index (χ3n) is 1.94. The number of aryl methyl sites for hydroxylation is 2. The second-order valence-electron chi connectivity index (χ2n) is 2.67. The van der Waals surface area contributed by atoms with E-state index in [9.17, 15) is 0 Å². The Bertz CT molecular complexity index is 265. The Morgan fingerprint density at radius 1 is 1.60 bits per heavy atom. The summed E-state index contributed by atoms with van der Waals surface area (Å²) in [7, 11) is 0. The monoisotopic (exact) mass is 248 g/mol. The molecule has 0 aromatic carbocycles. The third-order valence-corrected chi connectivity index (χ3v) is 3.34. The molecule has 1 aromatic heterocycles.